The highest BCUT2D eigenvalue weighted by molar-refractivity contribution is 5.25. The number of aromatic nitrogens is 1. The molecule has 4 aliphatic carbocycles. The van der Waals surface area contributed by atoms with Crippen LogP contribution in [0, 0.1) is 29.6 Å². The molecule has 0 spiro atoms. The molecule has 4 saturated carbocycles. The smallest absolute Gasteiger partial charge is 0.223 e. The van der Waals surface area contributed by atoms with Crippen molar-refractivity contribution in [3.63, 3.8) is 0 Å². The maximum absolute atomic E-state index is 13.2. The van der Waals surface area contributed by atoms with Crippen molar-refractivity contribution in [2.45, 2.75) is 64.6 Å². The largest absolute Gasteiger partial charge is 0.485 e. The van der Waals surface area contributed by atoms with Crippen LogP contribution in [-0.4, -0.2) is 42.8 Å². The maximum atomic E-state index is 13.2. The number of hydrogen-bond donors (Lipinski definition) is 1. The van der Waals surface area contributed by atoms with E-state index in [1.807, 2.05) is 12.3 Å². The van der Waals surface area contributed by atoms with E-state index >= 15 is 0 Å². The lowest BCUT2D eigenvalue weighted by molar-refractivity contribution is -0.0774. The third-order valence-electron chi connectivity index (χ3n) is 8.80. The zero-order valence-electron chi connectivity index (χ0n) is 21.8. The predicted molar refractivity (Wildman–Crippen MR) is 142 cm³/mol. The van der Waals surface area contributed by atoms with Crippen LogP contribution in [0.4, 0.5) is 0 Å². The third-order valence-corrected chi connectivity index (χ3v) is 8.80. The highest BCUT2D eigenvalue weighted by Gasteiger charge is 2.50. The number of benzene rings is 1. The third kappa shape index (κ3) is 5.83. The van der Waals surface area contributed by atoms with Gasteiger partial charge in [0.2, 0.25) is 5.43 Å². The summed E-state index contributed by atoms with van der Waals surface area (Å²) in [6.45, 7) is 5.62. The van der Waals surface area contributed by atoms with Crippen molar-refractivity contribution in [3.8, 4) is 5.75 Å². The fourth-order valence-electron chi connectivity index (χ4n) is 7.51. The van der Waals surface area contributed by atoms with Crippen LogP contribution in [0.25, 0.3) is 0 Å². The van der Waals surface area contributed by atoms with Crippen LogP contribution in [-0.2, 0) is 13.1 Å². The molecule has 1 heterocycles. The topological polar surface area (TPSA) is 46.5 Å². The quantitative estimate of drug-likeness (QED) is 0.473. The molecule has 2 aromatic rings. The van der Waals surface area contributed by atoms with Gasteiger partial charge >= 0.3 is 0 Å². The summed E-state index contributed by atoms with van der Waals surface area (Å²) in [5.41, 5.74) is 2.25. The van der Waals surface area contributed by atoms with E-state index in [0.717, 1.165) is 55.4 Å². The number of pyridine rings is 1. The first-order chi connectivity index (χ1) is 17.0. The normalized spacial score (nSPS) is 27.9. The van der Waals surface area contributed by atoms with Gasteiger partial charge in [0.15, 0.2) is 5.75 Å². The van der Waals surface area contributed by atoms with E-state index in [1.54, 1.807) is 6.07 Å². The molecule has 1 atom stereocenters. The Bertz CT molecular complexity index is 1000. The first-order valence-corrected chi connectivity index (χ1v) is 13.8. The van der Waals surface area contributed by atoms with Crippen molar-refractivity contribution in [2.75, 3.05) is 27.2 Å². The van der Waals surface area contributed by atoms with Crippen LogP contribution in [0.15, 0.2) is 47.4 Å². The molecule has 5 nitrogen and oxygen atoms in total. The van der Waals surface area contributed by atoms with Gasteiger partial charge in [-0.1, -0.05) is 30.3 Å². The average molecular weight is 478 g/mol. The molecule has 6 rings (SSSR count). The molecule has 4 fully saturated rings. The second-order valence-electron chi connectivity index (χ2n) is 11.8. The van der Waals surface area contributed by atoms with Gasteiger partial charge in [-0.15, -0.1) is 0 Å². The van der Waals surface area contributed by atoms with Gasteiger partial charge in [0.25, 0.3) is 0 Å². The molecule has 190 valence electrons. The fraction of sp³-hybridized carbons (Fsp3) is 0.633. The Balaban J connectivity index is 1.31. The second kappa shape index (κ2) is 10.9. The average Bonchev–Trinajstić information content (AvgIpc) is 2.81. The van der Waals surface area contributed by atoms with Gasteiger partial charge in [-0.3, -0.25) is 4.79 Å². The van der Waals surface area contributed by atoms with Crippen molar-refractivity contribution in [3.05, 3.63) is 64.1 Å². The number of rotatable bonds is 11. The van der Waals surface area contributed by atoms with Gasteiger partial charge in [0, 0.05) is 30.8 Å². The number of hydrogen-bond acceptors (Lipinski definition) is 4. The van der Waals surface area contributed by atoms with Gasteiger partial charge in [-0.2, -0.15) is 0 Å². The van der Waals surface area contributed by atoms with E-state index in [1.165, 1.54) is 37.7 Å². The van der Waals surface area contributed by atoms with Crippen molar-refractivity contribution in [1.82, 2.24) is 14.8 Å². The second-order valence-corrected chi connectivity index (χ2v) is 11.8. The Kier molecular flexibility index (Phi) is 7.64. The van der Waals surface area contributed by atoms with Gasteiger partial charge in [-0.05, 0) is 102 Å². The van der Waals surface area contributed by atoms with Crippen molar-refractivity contribution >= 4 is 0 Å². The van der Waals surface area contributed by atoms with Gasteiger partial charge in [0.05, 0.1) is 12.3 Å². The minimum atomic E-state index is 0.00932. The molecule has 0 amide bonds. The van der Waals surface area contributed by atoms with Gasteiger partial charge in [0.1, 0.15) is 0 Å². The number of nitrogens with zero attached hydrogens (tertiary/aromatic N) is 2. The van der Waals surface area contributed by atoms with Crippen LogP contribution in [0.3, 0.4) is 0 Å². The van der Waals surface area contributed by atoms with Gasteiger partial charge < -0.3 is 19.5 Å². The van der Waals surface area contributed by atoms with Crippen LogP contribution >= 0.6 is 0 Å². The SMILES string of the molecule is CC(Oc1cn(Cc2ccccc2)c(CNCCCN(C)C)cc1=O)C1C2CC3CC(C2)CC1C3. The molecule has 0 saturated heterocycles. The Morgan fingerprint density at radius 1 is 1.06 bits per heavy atom. The van der Waals surface area contributed by atoms with E-state index in [0.29, 0.717) is 18.2 Å². The first-order valence-electron chi connectivity index (χ1n) is 13.8. The summed E-state index contributed by atoms with van der Waals surface area (Å²) in [5.74, 6) is 4.60. The van der Waals surface area contributed by atoms with E-state index in [2.05, 4.69) is 60.1 Å². The molecule has 0 aliphatic heterocycles. The van der Waals surface area contributed by atoms with Gasteiger partial charge in [-0.25, -0.2) is 0 Å². The van der Waals surface area contributed by atoms with Crippen molar-refractivity contribution < 1.29 is 4.74 Å². The summed E-state index contributed by atoms with van der Waals surface area (Å²) in [6, 6.07) is 12.3. The van der Waals surface area contributed by atoms with Crippen LogP contribution in [0.2, 0.25) is 0 Å². The maximum Gasteiger partial charge on any atom is 0.223 e. The highest BCUT2D eigenvalue weighted by Crippen LogP contribution is 2.57. The molecule has 1 N–H and O–H groups in total. The molecule has 4 aliphatic rings. The Morgan fingerprint density at radius 3 is 2.40 bits per heavy atom. The molecule has 5 heteroatoms. The van der Waals surface area contributed by atoms with E-state index < -0.39 is 0 Å². The summed E-state index contributed by atoms with van der Waals surface area (Å²) < 4.78 is 8.72. The van der Waals surface area contributed by atoms with Crippen molar-refractivity contribution in [1.29, 1.82) is 0 Å². The lowest BCUT2D eigenvalue weighted by atomic mass is 9.51. The Hall–Kier alpha value is -2.11. The fourth-order valence-corrected chi connectivity index (χ4v) is 7.51. The number of nitrogens with one attached hydrogen (secondary N) is 1. The summed E-state index contributed by atoms with van der Waals surface area (Å²) in [6.07, 6.45) is 10.1. The minimum absolute atomic E-state index is 0.00932. The summed E-state index contributed by atoms with van der Waals surface area (Å²) in [4.78, 5) is 15.4. The predicted octanol–water partition coefficient (Wildman–Crippen LogP) is 4.78. The summed E-state index contributed by atoms with van der Waals surface area (Å²) >= 11 is 0. The van der Waals surface area contributed by atoms with Crippen LogP contribution < -0.4 is 15.5 Å². The van der Waals surface area contributed by atoms with Crippen LogP contribution in [0.5, 0.6) is 5.75 Å². The highest BCUT2D eigenvalue weighted by atomic mass is 16.5. The molecular formula is C30H43N3O2. The summed E-state index contributed by atoms with van der Waals surface area (Å²) in [7, 11) is 4.20. The zero-order valence-corrected chi connectivity index (χ0v) is 21.8. The lowest BCUT2D eigenvalue weighted by Gasteiger charge is -2.55. The lowest BCUT2D eigenvalue weighted by Crippen LogP contribution is -2.50. The standard InChI is InChI=1S/C30H43N3O2/c1-21(30-25-13-23-12-24(15-25)16-26(30)14-23)35-29-20-33(19-22-8-5-4-6-9-22)27(17-28(29)34)18-31-10-7-11-32(2)3/h4-6,8-9,17,20-21,23-26,30-31H,7,10-16,18-19H2,1-3H3. The zero-order chi connectivity index (χ0) is 24.4. The first kappa shape index (κ1) is 24.6. The minimum Gasteiger partial charge on any atom is -0.485 e. The van der Waals surface area contributed by atoms with Crippen molar-refractivity contribution in [2.24, 2.45) is 29.6 Å². The molecule has 1 unspecified atom stereocenters. The number of ether oxygens (including phenoxy) is 1. The summed E-state index contributed by atoms with van der Waals surface area (Å²) in [5, 5.41) is 3.53. The van der Waals surface area contributed by atoms with E-state index in [9.17, 15) is 4.79 Å². The molecule has 35 heavy (non-hydrogen) atoms. The monoisotopic (exact) mass is 477 g/mol. The molecule has 0 radical (unpaired) electrons. The van der Waals surface area contributed by atoms with E-state index in [4.69, 9.17) is 4.74 Å². The van der Waals surface area contributed by atoms with Crippen LogP contribution in [0.1, 0.15) is 56.7 Å². The van der Waals surface area contributed by atoms with E-state index in [-0.39, 0.29) is 11.5 Å². The Labute approximate surface area is 210 Å². The molecule has 4 bridgehead atoms. The Morgan fingerprint density at radius 2 is 1.74 bits per heavy atom. The molecule has 1 aromatic carbocycles. The molecular weight excluding hydrogens is 434 g/mol. The molecule has 1 aromatic heterocycles.